The van der Waals surface area contributed by atoms with Crippen LogP contribution >= 0.6 is 0 Å². The minimum absolute atomic E-state index is 0.166. The molecule has 42 heavy (non-hydrogen) atoms. The van der Waals surface area contributed by atoms with Crippen molar-refractivity contribution < 1.29 is 0 Å². The van der Waals surface area contributed by atoms with Crippen LogP contribution in [0, 0.1) is 0 Å². The molecule has 2 heteroatoms. The van der Waals surface area contributed by atoms with Gasteiger partial charge in [-0.25, -0.2) is 9.97 Å². The van der Waals surface area contributed by atoms with Crippen molar-refractivity contribution in [3.8, 4) is 56.2 Å². The van der Waals surface area contributed by atoms with E-state index in [2.05, 4.69) is 121 Å². The van der Waals surface area contributed by atoms with Gasteiger partial charge in [-0.05, 0) is 58.4 Å². The second-order valence-corrected chi connectivity index (χ2v) is 11.7. The van der Waals surface area contributed by atoms with Gasteiger partial charge in [0.1, 0.15) is 0 Å². The van der Waals surface area contributed by atoms with Gasteiger partial charge in [0.15, 0.2) is 5.82 Å². The SMILES string of the molecule is c1ccc(-c2cc(-c3ccccc3)nc(-c3ccc(-c4ccc5c(c4)C4(CCCCC4)c4ccccc4-5)cc3)n2)cc1. The molecule has 2 aliphatic carbocycles. The highest BCUT2D eigenvalue weighted by Crippen LogP contribution is 2.56. The Morgan fingerprint density at radius 3 is 1.62 bits per heavy atom. The normalized spacial score (nSPS) is 14.9. The minimum atomic E-state index is 0.166. The highest BCUT2D eigenvalue weighted by Gasteiger charge is 2.43. The van der Waals surface area contributed by atoms with Gasteiger partial charge in [0.25, 0.3) is 0 Å². The highest BCUT2D eigenvalue weighted by molar-refractivity contribution is 5.84. The van der Waals surface area contributed by atoms with Crippen LogP contribution in [-0.2, 0) is 5.41 Å². The van der Waals surface area contributed by atoms with Crippen LogP contribution in [0.5, 0.6) is 0 Å². The van der Waals surface area contributed by atoms with E-state index in [1.54, 1.807) is 0 Å². The second-order valence-electron chi connectivity index (χ2n) is 11.7. The Balaban J connectivity index is 1.18. The maximum Gasteiger partial charge on any atom is 0.160 e. The predicted molar refractivity (Wildman–Crippen MR) is 173 cm³/mol. The summed E-state index contributed by atoms with van der Waals surface area (Å²) in [5.41, 5.74) is 13.6. The van der Waals surface area contributed by atoms with Crippen LogP contribution in [0.1, 0.15) is 43.2 Å². The summed E-state index contributed by atoms with van der Waals surface area (Å²) in [7, 11) is 0. The molecular weight excluding hydrogens is 508 g/mol. The van der Waals surface area contributed by atoms with Crippen LogP contribution in [0.2, 0.25) is 0 Å². The molecule has 8 rings (SSSR count). The van der Waals surface area contributed by atoms with Gasteiger partial charge in [0.05, 0.1) is 11.4 Å². The maximum absolute atomic E-state index is 5.02. The van der Waals surface area contributed by atoms with Gasteiger partial charge in [-0.1, -0.05) is 141 Å². The first-order valence-electron chi connectivity index (χ1n) is 15.1. The molecule has 0 saturated heterocycles. The molecule has 1 aromatic heterocycles. The van der Waals surface area contributed by atoms with E-state index < -0.39 is 0 Å². The lowest BCUT2D eigenvalue weighted by atomic mass is 9.67. The topological polar surface area (TPSA) is 25.8 Å². The molecule has 0 aliphatic heterocycles. The van der Waals surface area contributed by atoms with Crippen molar-refractivity contribution in [2.45, 2.75) is 37.5 Å². The number of hydrogen-bond acceptors (Lipinski definition) is 2. The van der Waals surface area contributed by atoms with Gasteiger partial charge in [-0.3, -0.25) is 0 Å². The molecule has 0 unspecified atom stereocenters. The Labute approximate surface area is 247 Å². The Morgan fingerprint density at radius 2 is 0.952 bits per heavy atom. The first-order valence-corrected chi connectivity index (χ1v) is 15.1. The van der Waals surface area contributed by atoms with E-state index in [4.69, 9.17) is 9.97 Å². The molecule has 0 N–H and O–H groups in total. The first kappa shape index (κ1) is 24.9. The molecule has 1 spiro atoms. The molecule has 6 aromatic rings. The maximum atomic E-state index is 5.02. The van der Waals surface area contributed by atoms with Crippen molar-refractivity contribution in [1.82, 2.24) is 9.97 Å². The molecule has 2 aliphatic rings. The summed E-state index contributed by atoms with van der Waals surface area (Å²) in [6.07, 6.45) is 6.45. The zero-order chi connectivity index (χ0) is 27.9. The second kappa shape index (κ2) is 10.2. The first-order chi connectivity index (χ1) is 20.8. The molecule has 2 nitrogen and oxygen atoms in total. The summed E-state index contributed by atoms with van der Waals surface area (Å²) >= 11 is 0. The zero-order valence-corrected chi connectivity index (χ0v) is 23.6. The number of benzene rings is 5. The van der Waals surface area contributed by atoms with Gasteiger partial charge in [-0.15, -0.1) is 0 Å². The van der Waals surface area contributed by atoms with Gasteiger partial charge >= 0.3 is 0 Å². The fourth-order valence-electron chi connectivity index (χ4n) is 7.23. The van der Waals surface area contributed by atoms with E-state index in [0.29, 0.717) is 0 Å². The number of fused-ring (bicyclic) bond motifs is 5. The molecule has 0 atom stereocenters. The number of nitrogens with zero attached hydrogens (tertiary/aromatic N) is 2. The van der Waals surface area contributed by atoms with Gasteiger partial charge in [0.2, 0.25) is 0 Å². The summed E-state index contributed by atoms with van der Waals surface area (Å²) in [6.45, 7) is 0. The van der Waals surface area contributed by atoms with Gasteiger partial charge in [0, 0.05) is 22.1 Å². The van der Waals surface area contributed by atoms with E-state index in [1.165, 1.54) is 65.5 Å². The van der Waals surface area contributed by atoms with Crippen molar-refractivity contribution in [2.75, 3.05) is 0 Å². The van der Waals surface area contributed by atoms with Crippen LogP contribution in [0.3, 0.4) is 0 Å². The largest absolute Gasteiger partial charge is 0.228 e. The van der Waals surface area contributed by atoms with Gasteiger partial charge < -0.3 is 0 Å². The predicted octanol–water partition coefficient (Wildman–Crippen LogP) is 10.4. The average molecular weight is 541 g/mol. The van der Waals surface area contributed by atoms with Crippen molar-refractivity contribution in [2.24, 2.45) is 0 Å². The Morgan fingerprint density at radius 1 is 0.405 bits per heavy atom. The quantitative estimate of drug-likeness (QED) is 0.222. The van der Waals surface area contributed by atoms with Crippen molar-refractivity contribution in [3.63, 3.8) is 0 Å². The standard InChI is InChI=1S/C40H32N2/c1-4-12-29(13-5-1)37-27-38(30-14-6-2-7-15-30)42-39(41-37)31-20-18-28(19-21-31)32-22-23-34-33-16-8-9-17-35(33)40(36(34)26-32)24-10-3-11-25-40/h1-2,4-9,12-23,26-27H,3,10-11,24-25H2. The molecular formula is C40H32N2. The molecule has 1 fully saturated rings. The molecule has 1 saturated carbocycles. The van der Waals surface area contributed by atoms with Crippen molar-refractivity contribution in [1.29, 1.82) is 0 Å². The van der Waals surface area contributed by atoms with Crippen LogP contribution < -0.4 is 0 Å². The average Bonchev–Trinajstić information content (AvgIpc) is 3.34. The third kappa shape index (κ3) is 4.18. The molecule has 202 valence electrons. The van der Waals surface area contributed by atoms with E-state index in [9.17, 15) is 0 Å². The van der Waals surface area contributed by atoms with E-state index in [1.807, 2.05) is 12.1 Å². The summed E-state index contributed by atoms with van der Waals surface area (Å²) < 4.78 is 0. The monoisotopic (exact) mass is 540 g/mol. The summed E-state index contributed by atoms with van der Waals surface area (Å²) in [5, 5.41) is 0. The molecule has 0 radical (unpaired) electrons. The van der Waals surface area contributed by atoms with E-state index >= 15 is 0 Å². The number of aromatic nitrogens is 2. The van der Waals surface area contributed by atoms with E-state index in [0.717, 1.165) is 33.9 Å². The lowest BCUT2D eigenvalue weighted by molar-refractivity contribution is 0.353. The Kier molecular flexibility index (Phi) is 6.07. The van der Waals surface area contributed by atoms with Crippen LogP contribution in [0.15, 0.2) is 133 Å². The highest BCUT2D eigenvalue weighted by atomic mass is 14.9. The Hall–Kier alpha value is -4.82. The third-order valence-corrected chi connectivity index (χ3v) is 9.32. The molecule has 0 bridgehead atoms. The summed E-state index contributed by atoms with van der Waals surface area (Å²) in [4.78, 5) is 10.0. The fraction of sp³-hybridized carbons (Fsp3) is 0.150. The lowest BCUT2D eigenvalue weighted by Crippen LogP contribution is -2.28. The smallest absolute Gasteiger partial charge is 0.160 e. The summed E-state index contributed by atoms with van der Waals surface area (Å²) in [5.74, 6) is 0.743. The zero-order valence-electron chi connectivity index (χ0n) is 23.6. The third-order valence-electron chi connectivity index (χ3n) is 9.32. The van der Waals surface area contributed by atoms with Crippen LogP contribution in [0.25, 0.3) is 56.2 Å². The number of rotatable bonds is 4. The lowest BCUT2D eigenvalue weighted by Gasteiger charge is -2.36. The molecule has 1 heterocycles. The number of hydrogen-bond donors (Lipinski definition) is 0. The summed E-state index contributed by atoms with van der Waals surface area (Å²) in [6, 6.07) is 47.9. The Bertz CT molecular complexity index is 1830. The van der Waals surface area contributed by atoms with Crippen LogP contribution in [-0.4, -0.2) is 9.97 Å². The van der Waals surface area contributed by atoms with Crippen molar-refractivity contribution >= 4 is 0 Å². The fourth-order valence-corrected chi connectivity index (χ4v) is 7.23. The van der Waals surface area contributed by atoms with Gasteiger partial charge in [-0.2, -0.15) is 0 Å². The molecule has 5 aromatic carbocycles. The minimum Gasteiger partial charge on any atom is -0.228 e. The van der Waals surface area contributed by atoms with E-state index in [-0.39, 0.29) is 5.41 Å². The molecule has 0 amide bonds. The van der Waals surface area contributed by atoms with Crippen LogP contribution in [0.4, 0.5) is 0 Å². The van der Waals surface area contributed by atoms with Crippen molar-refractivity contribution in [3.05, 3.63) is 145 Å².